The highest BCUT2D eigenvalue weighted by Crippen LogP contribution is 2.30. The van der Waals surface area contributed by atoms with Crippen LogP contribution in [0.1, 0.15) is 32.3 Å². The summed E-state index contributed by atoms with van der Waals surface area (Å²) in [6, 6.07) is 7.14. The molecular formula is C19H21NO3. The van der Waals surface area contributed by atoms with Gasteiger partial charge in [-0.05, 0) is 50.1 Å². The number of carboxylic acid groups (broad SMARTS) is 1. The number of carboxylic acids is 1. The number of carbonyl (C=O) groups excluding carboxylic acids is 1. The summed E-state index contributed by atoms with van der Waals surface area (Å²) in [5.74, 6) is -1.45. The Balaban J connectivity index is 2.29. The van der Waals surface area contributed by atoms with Crippen molar-refractivity contribution in [1.29, 1.82) is 0 Å². The molecule has 1 N–H and O–H groups in total. The summed E-state index contributed by atoms with van der Waals surface area (Å²) in [4.78, 5) is 25.3. The van der Waals surface area contributed by atoms with E-state index in [1.807, 2.05) is 38.2 Å². The molecular weight excluding hydrogens is 290 g/mol. The third kappa shape index (κ3) is 3.42. The topological polar surface area (TPSA) is 57.6 Å². The second kappa shape index (κ2) is 7.09. The SMILES string of the molecule is C\C=C/C=C1/C(=O)N(c2ccc(C(C)C(=O)O)cc2)C/C1=C\C. The van der Waals surface area contributed by atoms with E-state index in [0.717, 1.165) is 16.8 Å². The van der Waals surface area contributed by atoms with Crippen molar-refractivity contribution in [3.63, 3.8) is 0 Å². The monoisotopic (exact) mass is 311 g/mol. The van der Waals surface area contributed by atoms with Crippen molar-refractivity contribution in [2.24, 2.45) is 0 Å². The summed E-state index contributed by atoms with van der Waals surface area (Å²) in [6.07, 6.45) is 7.53. The van der Waals surface area contributed by atoms with Crippen LogP contribution in [0.3, 0.4) is 0 Å². The summed E-state index contributed by atoms with van der Waals surface area (Å²) < 4.78 is 0. The van der Waals surface area contributed by atoms with Gasteiger partial charge in [-0.1, -0.05) is 30.4 Å². The fourth-order valence-electron chi connectivity index (χ4n) is 2.52. The summed E-state index contributed by atoms with van der Waals surface area (Å²) in [6.45, 7) is 6.01. The average molecular weight is 311 g/mol. The van der Waals surface area contributed by atoms with E-state index in [0.29, 0.717) is 12.1 Å². The molecule has 1 fully saturated rings. The average Bonchev–Trinajstić information content (AvgIpc) is 2.88. The lowest BCUT2D eigenvalue weighted by atomic mass is 10.0. The predicted octanol–water partition coefficient (Wildman–Crippen LogP) is 3.67. The molecule has 1 heterocycles. The van der Waals surface area contributed by atoms with E-state index in [-0.39, 0.29) is 5.91 Å². The molecule has 1 aliphatic rings. The van der Waals surface area contributed by atoms with E-state index in [4.69, 9.17) is 5.11 Å². The first-order chi connectivity index (χ1) is 11.0. The van der Waals surface area contributed by atoms with Gasteiger partial charge in [0.25, 0.3) is 5.91 Å². The lowest BCUT2D eigenvalue weighted by Gasteiger charge is -2.16. The van der Waals surface area contributed by atoms with Crippen molar-refractivity contribution in [3.8, 4) is 0 Å². The Bertz CT molecular complexity index is 696. The van der Waals surface area contributed by atoms with E-state index < -0.39 is 11.9 Å². The number of benzene rings is 1. The number of carbonyl (C=O) groups is 2. The van der Waals surface area contributed by atoms with Gasteiger partial charge in [-0.2, -0.15) is 0 Å². The molecule has 0 aliphatic carbocycles. The normalized spacial score (nSPS) is 20.0. The Hall–Kier alpha value is -2.62. The van der Waals surface area contributed by atoms with Crippen molar-refractivity contribution in [3.05, 3.63) is 65.3 Å². The fourth-order valence-corrected chi connectivity index (χ4v) is 2.52. The summed E-state index contributed by atoms with van der Waals surface area (Å²) in [7, 11) is 0. The number of hydrogen-bond donors (Lipinski definition) is 1. The number of rotatable bonds is 4. The number of aliphatic carboxylic acids is 1. The lowest BCUT2D eigenvalue weighted by molar-refractivity contribution is -0.138. The summed E-state index contributed by atoms with van der Waals surface area (Å²) in [5, 5.41) is 9.06. The Morgan fingerprint density at radius 2 is 1.91 bits per heavy atom. The second-order valence-electron chi connectivity index (χ2n) is 5.46. The third-order valence-corrected chi connectivity index (χ3v) is 4.03. The molecule has 120 valence electrons. The number of allylic oxidation sites excluding steroid dienone is 4. The minimum atomic E-state index is -0.859. The summed E-state index contributed by atoms with van der Waals surface area (Å²) in [5.41, 5.74) is 3.20. The Labute approximate surface area is 136 Å². The minimum absolute atomic E-state index is 0.0322. The predicted molar refractivity (Wildman–Crippen MR) is 91.5 cm³/mol. The molecule has 0 radical (unpaired) electrons. The van der Waals surface area contributed by atoms with Gasteiger partial charge in [0, 0.05) is 11.3 Å². The van der Waals surface area contributed by atoms with E-state index >= 15 is 0 Å². The zero-order valence-electron chi connectivity index (χ0n) is 13.6. The van der Waals surface area contributed by atoms with Gasteiger partial charge in [0.15, 0.2) is 0 Å². The fraction of sp³-hybridized carbons (Fsp3) is 0.263. The van der Waals surface area contributed by atoms with Crippen LogP contribution in [0, 0.1) is 0 Å². The van der Waals surface area contributed by atoms with E-state index in [1.54, 1.807) is 36.1 Å². The molecule has 2 rings (SSSR count). The van der Waals surface area contributed by atoms with Gasteiger partial charge >= 0.3 is 5.97 Å². The van der Waals surface area contributed by atoms with Crippen LogP contribution in [0.5, 0.6) is 0 Å². The molecule has 1 saturated heterocycles. The quantitative estimate of drug-likeness (QED) is 0.863. The van der Waals surface area contributed by atoms with Crippen LogP contribution in [0.25, 0.3) is 0 Å². The molecule has 0 saturated carbocycles. The zero-order valence-corrected chi connectivity index (χ0v) is 13.6. The van der Waals surface area contributed by atoms with Crippen LogP contribution < -0.4 is 4.90 Å². The van der Waals surface area contributed by atoms with E-state index in [9.17, 15) is 9.59 Å². The van der Waals surface area contributed by atoms with Gasteiger partial charge in [0.1, 0.15) is 0 Å². The van der Waals surface area contributed by atoms with Gasteiger partial charge in [0.2, 0.25) is 0 Å². The van der Waals surface area contributed by atoms with Crippen LogP contribution in [0.15, 0.2) is 59.7 Å². The second-order valence-corrected chi connectivity index (χ2v) is 5.46. The van der Waals surface area contributed by atoms with Crippen LogP contribution in [-0.4, -0.2) is 23.5 Å². The number of anilines is 1. The standard InChI is InChI=1S/C19H21NO3/c1-4-6-7-17-14(5-2)12-20(18(17)21)16-10-8-15(9-11-16)13(3)19(22)23/h4-11,13H,12H2,1-3H3,(H,22,23)/b6-4-,14-5+,17-7+. The van der Waals surface area contributed by atoms with Crippen LogP contribution in [0.4, 0.5) is 5.69 Å². The lowest BCUT2D eigenvalue weighted by Crippen LogP contribution is -2.24. The molecule has 1 unspecified atom stereocenters. The molecule has 1 aromatic rings. The Kier molecular flexibility index (Phi) is 5.16. The van der Waals surface area contributed by atoms with Crippen LogP contribution >= 0.6 is 0 Å². The van der Waals surface area contributed by atoms with Crippen molar-refractivity contribution < 1.29 is 14.7 Å². The van der Waals surface area contributed by atoms with Crippen molar-refractivity contribution >= 4 is 17.6 Å². The maximum atomic E-state index is 12.6. The first-order valence-corrected chi connectivity index (χ1v) is 7.62. The number of hydrogen-bond acceptors (Lipinski definition) is 2. The molecule has 0 bridgehead atoms. The highest BCUT2D eigenvalue weighted by atomic mass is 16.4. The van der Waals surface area contributed by atoms with Gasteiger partial charge < -0.3 is 10.0 Å². The highest BCUT2D eigenvalue weighted by Gasteiger charge is 2.30. The smallest absolute Gasteiger partial charge is 0.310 e. The van der Waals surface area contributed by atoms with E-state index in [2.05, 4.69) is 0 Å². The zero-order chi connectivity index (χ0) is 17.0. The first kappa shape index (κ1) is 16.7. The van der Waals surface area contributed by atoms with E-state index in [1.165, 1.54) is 0 Å². The van der Waals surface area contributed by atoms with Gasteiger partial charge in [0.05, 0.1) is 12.5 Å². The molecule has 1 amide bonds. The molecule has 0 aromatic heterocycles. The van der Waals surface area contributed by atoms with Crippen molar-refractivity contribution in [2.75, 3.05) is 11.4 Å². The Morgan fingerprint density at radius 1 is 1.26 bits per heavy atom. The number of nitrogens with zero attached hydrogens (tertiary/aromatic N) is 1. The molecule has 0 spiro atoms. The van der Waals surface area contributed by atoms with Crippen LogP contribution in [-0.2, 0) is 9.59 Å². The molecule has 1 aromatic carbocycles. The largest absolute Gasteiger partial charge is 0.481 e. The molecule has 23 heavy (non-hydrogen) atoms. The third-order valence-electron chi connectivity index (χ3n) is 4.03. The number of amides is 1. The summed E-state index contributed by atoms with van der Waals surface area (Å²) >= 11 is 0. The minimum Gasteiger partial charge on any atom is -0.481 e. The molecule has 1 aliphatic heterocycles. The Morgan fingerprint density at radius 3 is 2.43 bits per heavy atom. The van der Waals surface area contributed by atoms with Gasteiger partial charge in [-0.25, -0.2) is 0 Å². The molecule has 4 nitrogen and oxygen atoms in total. The van der Waals surface area contributed by atoms with Crippen molar-refractivity contribution in [2.45, 2.75) is 26.7 Å². The molecule has 1 atom stereocenters. The highest BCUT2D eigenvalue weighted by molar-refractivity contribution is 6.12. The van der Waals surface area contributed by atoms with Crippen LogP contribution in [0.2, 0.25) is 0 Å². The maximum Gasteiger partial charge on any atom is 0.310 e. The first-order valence-electron chi connectivity index (χ1n) is 7.62. The molecule has 4 heteroatoms. The maximum absolute atomic E-state index is 12.6. The van der Waals surface area contributed by atoms with Gasteiger partial charge in [-0.3, -0.25) is 9.59 Å². The van der Waals surface area contributed by atoms with Crippen molar-refractivity contribution in [1.82, 2.24) is 0 Å². The van der Waals surface area contributed by atoms with Gasteiger partial charge in [-0.15, -0.1) is 0 Å².